The van der Waals surface area contributed by atoms with Crippen LogP contribution in [-0.2, 0) is 13.3 Å². The maximum Gasteiger partial charge on any atom is 0.559 e. The molecule has 0 aliphatic heterocycles. The Morgan fingerprint density at radius 2 is 0.964 bits per heavy atom. The van der Waals surface area contributed by atoms with Crippen molar-refractivity contribution >= 4 is 8.80 Å². The highest BCUT2D eigenvalue weighted by Crippen LogP contribution is 2.18. The van der Waals surface area contributed by atoms with Gasteiger partial charge in [0.15, 0.2) is 0 Å². The molecule has 1 atom stereocenters. The highest BCUT2D eigenvalue weighted by atomic mass is 28.4. The predicted molar refractivity (Wildman–Crippen MR) is 121 cm³/mol. The molecule has 0 saturated carbocycles. The summed E-state index contributed by atoms with van der Waals surface area (Å²) in [6.07, 6.45) is 16.0. The van der Waals surface area contributed by atoms with Crippen LogP contribution in [0.5, 0.6) is 0 Å². The lowest BCUT2D eigenvalue weighted by Crippen LogP contribution is -2.60. The average molecular weight is 420 g/mol. The summed E-state index contributed by atoms with van der Waals surface area (Å²) < 4.78 is 17.2. The molecule has 5 nitrogen and oxygen atoms in total. The quantitative estimate of drug-likeness (QED) is 0.0959. The van der Waals surface area contributed by atoms with Crippen molar-refractivity contribution < 1.29 is 17.9 Å². The summed E-state index contributed by atoms with van der Waals surface area (Å²) in [7, 11) is -1.14. The summed E-state index contributed by atoms with van der Waals surface area (Å²) in [6, 6.07) is 0. The minimum Gasteiger partial charge on any atom is -0.633 e. The normalized spacial score (nSPS) is 14.4. The van der Waals surface area contributed by atoms with E-state index in [1.165, 1.54) is 64.2 Å². The zero-order valence-electron chi connectivity index (χ0n) is 19.6. The Morgan fingerprint density at radius 1 is 0.607 bits per heavy atom. The van der Waals surface area contributed by atoms with Crippen molar-refractivity contribution in [1.29, 1.82) is 0 Å². The van der Waals surface area contributed by atoms with E-state index in [9.17, 15) is 5.21 Å². The van der Waals surface area contributed by atoms with Gasteiger partial charge in [-0.25, -0.2) is 0 Å². The van der Waals surface area contributed by atoms with Gasteiger partial charge in [-0.1, -0.05) is 71.1 Å². The molecule has 6 heteroatoms. The van der Waals surface area contributed by atoms with E-state index in [0.29, 0.717) is 32.5 Å². The third-order valence-corrected chi connectivity index (χ3v) is 8.35. The van der Waals surface area contributed by atoms with Gasteiger partial charge in [-0.2, -0.15) is 0 Å². The van der Waals surface area contributed by atoms with Gasteiger partial charge in [0.05, 0.1) is 13.6 Å². The van der Waals surface area contributed by atoms with Crippen LogP contribution >= 0.6 is 0 Å². The number of quaternary nitrogens is 1. The molecule has 0 radical (unpaired) electrons. The summed E-state index contributed by atoms with van der Waals surface area (Å²) in [5.74, 6) is 0. The van der Waals surface area contributed by atoms with Crippen molar-refractivity contribution in [2.24, 2.45) is 0 Å². The van der Waals surface area contributed by atoms with Crippen LogP contribution in [0.4, 0.5) is 0 Å². The molecule has 0 N–H and O–H groups in total. The third kappa shape index (κ3) is 14.9. The second-order valence-electron chi connectivity index (χ2n) is 8.05. The molecule has 0 fully saturated rings. The maximum absolute atomic E-state index is 13.0. The first-order valence-corrected chi connectivity index (χ1v) is 13.9. The van der Waals surface area contributed by atoms with E-state index in [0.717, 1.165) is 12.8 Å². The van der Waals surface area contributed by atoms with Crippen LogP contribution in [0.15, 0.2) is 0 Å². The minimum atomic E-state index is -2.87. The smallest absolute Gasteiger partial charge is 0.559 e. The zero-order valence-corrected chi connectivity index (χ0v) is 20.6. The van der Waals surface area contributed by atoms with Crippen molar-refractivity contribution in [2.75, 3.05) is 39.6 Å². The molecule has 0 bridgehead atoms. The SMILES string of the molecule is CCCCCCCCCCCCCC[N+](C)([O-])C[Si](OCC)(OCC)OCC. The molecular formula is C22H49NO4Si. The van der Waals surface area contributed by atoms with Crippen LogP contribution in [-0.4, -0.2) is 53.0 Å². The number of unbranched alkanes of at least 4 members (excludes halogenated alkanes) is 11. The van der Waals surface area contributed by atoms with Crippen molar-refractivity contribution in [3.8, 4) is 0 Å². The van der Waals surface area contributed by atoms with E-state index in [4.69, 9.17) is 13.3 Å². The minimum absolute atomic E-state index is 0.306. The van der Waals surface area contributed by atoms with Gasteiger partial charge >= 0.3 is 8.80 Å². The lowest BCUT2D eigenvalue weighted by atomic mass is 10.1. The summed E-state index contributed by atoms with van der Waals surface area (Å²) in [6.45, 7) is 10.2. The first-order valence-electron chi connectivity index (χ1n) is 11.9. The Labute approximate surface area is 176 Å². The van der Waals surface area contributed by atoms with Crippen molar-refractivity contribution in [2.45, 2.75) is 105 Å². The number of hydrogen-bond acceptors (Lipinski definition) is 4. The van der Waals surface area contributed by atoms with Gasteiger partial charge < -0.3 is 23.1 Å². The van der Waals surface area contributed by atoms with Crippen LogP contribution in [0.2, 0.25) is 0 Å². The first-order chi connectivity index (χ1) is 13.4. The fourth-order valence-electron chi connectivity index (χ4n) is 3.70. The maximum atomic E-state index is 13.0. The largest absolute Gasteiger partial charge is 0.633 e. The molecule has 28 heavy (non-hydrogen) atoms. The third-order valence-electron chi connectivity index (χ3n) is 5.11. The van der Waals surface area contributed by atoms with E-state index in [2.05, 4.69) is 6.92 Å². The van der Waals surface area contributed by atoms with Crippen molar-refractivity contribution in [3.05, 3.63) is 5.21 Å². The van der Waals surface area contributed by atoms with Crippen LogP contribution in [0, 0.1) is 5.21 Å². The predicted octanol–water partition coefficient (Wildman–Crippen LogP) is 6.22. The number of hydrogen-bond donors (Lipinski definition) is 0. The van der Waals surface area contributed by atoms with E-state index < -0.39 is 8.80 Å². The van der Waals surface area contributed by atoms with E-state index in [1.54, 1.807) is 7.05 Å². The van der Waals surface area contributed by atoms with Crippen LogP contribution in [0.3, 0.4) is 0 Å². The van der Waals surface area contributed by atoms with Gasteiger partial charge in [0, 0.05) is 19.8 Å². The number of nitrogens with zero attached hydrogens (tertiary/aromatic N) is 1. The molecule has 0 aromatic carbocycles. The van der Waals surface area contributed by atoms with Crippen LogP contribution < -0.4 is 0 Å². The Hall–Kier alpha value is 0.0169. The standard InChI is InChI=1S/C22H49NO4Si/c1-6-10-11-12-13-14-15-16-17-18-19-20-21-23(5,24)22-28(25-7-2,26-8-3)27-9-4/h6-22H2,1-5H3. The topological polar surface area (TPSA) is 50.8 Å². The van der Waals surface area contributed by atoms with Gasteiger partial charge in [-0.15, -0.1) is 0 Å². The lowest BCUT2D eigenvalue weighted by Gasteiger charge is -2.43. The molecule has 1 unspecified atom stereocenters. The molecule has 0 aromatic heterocycles. The van der Waals surface area contributed by atoms with Crippen molar-refractivity contribution in [3.63, 3.8) is 0 Å². The van der Waals surface area contributed by atoms with Gasteiger partial charge in [0.2, 0.25) is 0 Å². The van der Waals surface area contributed by atoms with Crippen LogP contribution in [0.25, 0.3) is 0 Å². The summed E-state index contributed by atoms with van der Waals surface area (Å²) in [4.78, 5) is 0. The Kier molecular flexibility index (Phi) is 17.9. The fraction of sp³-hybridized carbons (Fsp3) is 1.00. The number of rotatable bonds is 21. The molecule has 0 aliphatic rings. The first kappa shape index (κ1) is 28.0. The van der Waals surface area contributed by atoms with E-state index >= 15 is 0 Å². The Morgan fingerprint density at radius 3 is 1.32 bits per heavy atom. The van der Waals surface area contributed by atoms with Gasteiger partial charge in [-0.3, -0.25) is 0 Å². The molecule has 170 valence electrons. The molecule has 0 spiro atoms. The zero-order chi connectivity index (χ0) is 21.1. The fourth-order valence-corrected chi connectivity index (χ4v) is 6.52. The second-order valence-corrected chi connectivity index (χ2v) is 10.6. The van der Waals surface area contributed by atoms with E-state index in [-0.39, 0.29) is 4.65 Å². The molecule has 0 heterocycles. The average Bonchev–Trinajstić information content (AvgIpc) is 2.63. The highest BCUT2D eigenvalue weighted by Gasteiger charge is 2.46. The summed E-state index contributed by atoms with van der Waals surface area (Å²) in [5.41, 5.74) is 0. The monoisotopic (exact) mass is 419 g/mol. The highest BCUT2D eigenvalue weighted by molar-refractivity contribution is 6.60. The summed E-state index contributed by atoms with van der Waals surface area (Å²) >= 11 is 0. The molecule has 0 aromatic rings. The summed E-state index contributed by atoms with van der Waals surface area (Å²) in [5, 5.41) is 13.0. The van der Waals surface area contributed by atoms with Crippen molar-refractivity contribution in [1.82, 2.24) is 0 Å². The van der Waals surface area contributed by atoms with E-state index in [1.807, 2.05) is 20.8 Å². The van der Waals surface area contributed by atoms with Gasteiger partial charge in [-0.05, 0) is 33.6 Å². The Balaban J connectivity index is 3.93. The number of hydroxylamine groups is 3. The van der Waals surface area contributed by atoms with Gasteiger partial charge in [0.1, 0.15) is 6.17 Å². The Bertz CT molecular complexity index is 325. The van der Waals surface area contributed by atoms with Gasteiger partial charge in [0.25, 0.3) is 0 Å². The van der Waals surface area contributed by atoms with Crippen LogP contribution in [0.1, 0.15) is 105 Å². The molecule has 0 amide bonds. The lowest BCUT2D eigenvalue weighted by molar-refractivity contribution is -0.853. The molecular weight excluding hydrogens is 370 g/mol. The molecule has 0 rings (SSSR count). The molecule has 0 aliphatic carbocycles. The molecule has 0 saturated heterocycles. The second kappa shape index (κ2) is 17.8.